The molecular formula is C18H19NO4. The van der Waals surface area contributed by atoms with Crippen molar-refractivity contribution in [2.45, 2.75) is 13.8 Å². The fourth-order valence-electron chi connectivity index (χ4n) is 2.33. The molecule has 0 atom stereocenters. The van der Waals surface area contributed by atoms with Crippen LogP contribution in [0, 0.1) is 24.0 Å². The van der Waals surface area contributed by atoms with Gasteiger partial charge >= 0.3 is 0 Å². The Hall–Kier alpha value is -2.66. The van der Waals surface area contributed by atoms with Crippen LogP contribution in [-0.2, 0) is 4.74 Å². The summed E-state index contributed by atoms with van der Waals surface area (Å²) in [5.74, 6) is 0.833. The van der Waals surface area contributed by atoms with Crippen molar-refractivity contribution in [3.05, 3.63) is 68.8 Å². The van der Waals surface area contributed by atoms with Crippen molar-refractivity contribution in [1.29, 1.82) is 0 Å². The Balaban J connectivity index is 2.17. The van der Waals surface area contributed by atoms with E-state index in [9.17, 15) is 10.1 Å². The molecule has 2 aromatic carbocycles. The largest absolute Gasteiger partial charge is 0.467 e. The number of non-ortho nitro benzene ring substituents is 1. The van der Waals surface area contributed by atoms with Gasteiger partial charge in [-0.15, -0.1) is 0 Å². The van der Waals surface area contributed by atoms with Gasteiger partial charge in [-0.05, 0) is 60.4 Å². The van der Waals surface area contributed by atoms with Crippen LogP contribution in [0.3, 0.4) is 0 Å². The number of nitro groups is 1. The van der Waals surface area contributed by atoms with Gasteiger partial charge in [-0.2, -0.15) is 0 Å². The van der Waals surface area contributed by atoms with E-state index in [2.05, 4.69) is 0 Å². The van der Waals surface area contributed by atoms with Gasteiger partial charge in [0.05, 0.1) is 4.92 Å². The summed E-state index contributed by atoms with van der Waals surface area (Å²) in [5.41, 5.74) is 4.11. The van der Waals surface area contributed by atoms with Crippen molar-refractivity contribution in [3.63, 3.8) is 0 Å². The molecule has 0 unspecified atom stereocenters. The average Bonchev–Trinajstić information content (AvgIpc) is 2.52. The predicted molar refractivity (Wildman–Crippen MR) is 90.4 cm³/mol. The summed E-state index contributed by atoms with van der Waals surface area (Å²) in [6.45, 7) is 4.20. The maximum absolute atomic E-state index is 10.6. The molecule has 2 aromatic rings. The molecule has 0 aliphatic rings. The van der Waals surface area contributed by atoms with Crippen LogP contribution in [0.5, 0.6) is 5.75 Å². The normalized spacial score (nSPS) is 10.9. The van der Waals surface area contributed by atoms with Gasteiger partial charge in [0.1, 0.15) is 5.75 Å². The third-order valence-corrected chi connectivity index (χ3v) is 3.38. The molecule has 0 aromatic heterocycles. The molecule has 5 nitrogen and oxygen atoms in total. The van der Waals surface area contributed by atoms with E-state index in [-0.39, 0.29) is 12.5 Å². The highest BCUT2D eigenvalue weighted by Gasteiger charge is 2.06. The smallest absolute Gasteiger partial charge is 0.269 e. The molecular weight excluding hydrogens is 294 g/mol. The average molecular weight is 313 g/mol. The molecule has 23 heavy (non-hydrogen) atoms. The van der Waals surface area contributed by atoms with Crippen LogP contribution in [0.15, 0.2) is 36.4 Å². The van der Waals surface area contributed by atoms with Gasteiger partial charge in [-0.3, -0.25) is 10.1 Å². The Bertz CT molecular complexity index is 697. The van der Waals surface area contributed by atoms with Gasteiger partial charge in [-0.25, -0.2) is 0 Å². The van der Waals surface area contributed by atoms with Gasteiger partial charge in [0.25, 0.3) is 5.69 Å². The lowest BCUT2D eigenvalue weighted by atomic mass is 10.0. The summed E-state index contributed by atoms with van der Waals surface area (Å²) in [4.78, 5) is 10.2. The van der Waals surface area contributed by atoms with E-state index in [1.54, 1.807) is 19.2 Å². The highest BCUT2D eigenvalue weighted by atomic mass is 16.7. The van der Waals surface area contributed by atoms with Crippen LogP contribution < -0.4 is 4.74 Å². The summed E-state index contributed by atoms with van der Waals surface area (Å²) in [7, 11) is 1.59. The molecule has 2 rings (SSSR count). The van der Waals surface area contributed by atoms with Crippen LogP contribution in [0.4, 0.5) is 5.69 Å². The number of ether oxygens (including phenoxy) is 2. The lowest BCUT2D eigenvalue weighted by molar-refractivity contribution is -0.384. The summed E-state index contributed by atoms with van der Waals surface area (Å²) in [6.07, 6.45) is 3.90. The summed E-state index contributed by atoms with van der Waals surface area (Å²) < 4.78 is 10.5. The molecule has 0 radical (unpaired) electrons. The molecule has 0 saturated heterocycles. The second-order valence-electron chi connectivity index (χ2n) is 5.22. The van der Waals surface area contributed by atoms with Gasteiger partial charge in [-0.1, -0.05) is 12.2 Å². The first-order valence-electron chi connectivity index (χ1n) is 7.17. The first kappa shape index (κ1) is 16.7. The zero-order valence-corrected chi connectivity index (χ0v) is 13.4. The highest BCUT2D eigenvalue weighted by molar-refractivity contribution is 5.71. The summed E-state index contributed by atoms with van der Waals surface area (Å²) in [5, 5.41) is 10.6. The number of rotatable bonds is 6. The maximum atomic E-state index is 10.6. The molecule has 0 aliphatic heterocycles. The monoisotopic (exact) mass is 313 g/mol. The number of nitrogens with zero attached hydrogens (tertiary/aromatic N) is 1. The predicted octanol–water partition coefficient (Wildman–Crippen LogP) is 4.36. The molecule has 0 aliphatic carbocycles. The van der Waals surface area contributed by atoms with Crippen molar-refractivity contribution < 1.29 is 14.4 Å². The number of methoxy groups -OCH3 is 1. The van der Waals surface area contributed by atoms with E-state index in [1.807, 2.05) is 38.1 Å². The Labute approximate surface area is 135 Å². The first-order valence-corrected chi connectivity index (χ1v) is 7.17. The molecule has 0 spiro atoms. The fraction of sp³-hybridized carbons (Fsp3) is 0.222. The topological polar surface area (TPSA) is 61.6 Å². The molecule has 120 valence electrons. The van der Waals surface area contributed by atoms with Crippen molar-refractivity contribution in [1.82, 2.24) is 0 Å². The molecule has 5 heteroatoms. The van der Waals surface area contributed by atoms with Crippen LogP contribution >= 0.6 is 0 Å². The van der Waals surface area contributed by atoms with Crippen LogP contribution in [-0.4, -0.2) is 18.8 Å². The lowest BCUT2D eigenvalue weighted by Crippen LogP contribution is -2.02. The Kier molecular flexibility index (Phi) is 5.49. The van der Waals surface area contributed by atoms with Crippen LogP contribution in [0.2, 0.25) is 0 Å². The van der Waals surface area contributed by atoms with E-state index < -0.39 is 4.92 Å². The second kappa shape index (κ2) is 7.56. The second-order valence-corrected chi connectivity index (χ2v) is 5.22. The maximum Gasteiger partial charge on any atom is 0.269 e. The Morgan fingerprint density at radius 3 is 2.13 bits per heavy atom. The molecule has 0 bridgehead atoms. The zero-order chi connectivity index (χ0) is 16.8. The zero-order valence-electron chi connectivity index (χ0n) is 13.4. The van der Waals surface area contributed by atoms with E-state index in [1.165, 1.54) is 12.1 Å². The number of hydrogen-bond donors (Lipinski definition) is 0. The number of aryl methyl sites for hydroxylation is 2. The van der Waals surface area contributed by atoms with Crippen molar-refractivity contribution >= 4 is 17.8 Å². The van der Waals surface area contributed by atoms with E-state index in [4.69, 9.17) is 9.47 Å². The Morgan fingerprint density at radius 1 is 1.04 bits per heavy atom. The fourth-order valence-corrected chi connectivity index (χ4v) is 2.33. The summed E-state index contributed by atoms with van der Waals surface area (Å²) >= 11 is 0. The number of nitro benzene ring substituents is 1. The highest BCUT2D eigenvalue weighted by Crippen LogP contribution is 2.26. The van der Waals surface area contributed by atoms with Crippen LogP contribution in [0.1, 0.15) is 22.3 Å². The van der Waals surface area contributed by atoms with Crippen molar-refractivity contribution in [2.75, 3.05) is 13.9 Å². The summed E-state index contributed by atoms with van der Waals surface area (Å²) in [6, 6.07) is 10.5. The number of hydrogen-bond acceptors (Lipinski definition) is 4. The van der Waals surface area contributed by atoms with Crippen molar-refractivity contribution in [2.24, 2.45) is 0 Å². The van der Waals surface area contributed by atoms with Crippen molar-refractivity contribution in [3.8, 4) is 5.75 Å². The third-order valence-electron chi connectivity index (χ3n) is 3.38. The number of benzene rings is 2. The van der Waals surface area contributed by atoms with Crippen LogP contribution in [0.25, 0.3) is 12.2 Å². The molecule has 0 N–H and O–H groups in total. The third kappa shape index (κ3) is 4.40. The van der Waals surface area contributed by atoms with E-state index >= 15 is 0 Å². The van der Waals surface area contributed by atoms with E-state index in [0.29, 0.717) is 0 Å². The molecule has 0 heterocycles. The minimum absolute atomic E-state index is 0.0912. The van der Waals surface area contributed by atoms with Gasteiger partial charge in [0, 0.05) is 19.2 Å². The molecule has 0 saturated carbocycles. The van der Waals surface area contributed by atoms with Gasteiger partial charge in [0.2, 0.25) is 0 Å². The first-order chi connectivity index (χ1) is 11.0. The SMILES string of the molecule is COCOc1c(C)cc(C=Cc2ccc([N+](=O)[O-])cc2)cc1C. The quantitative estimate of drug-likeness (QED) is 0.344. The minimum Gasteiger partial charge on any atom is -0.467 e. The van der Waals surface area contributed by atoms with Gasteiger partial charge in [0.15, 0.2) is 6.79 Å². The lowest BCUT2D eigenvalue weighted by Gasteiger charge is -2.12. The Morgan fingerprint density at radius 2 is 1.61 bits per heavy atom. The van der Waals surface area contributed by atoms with Gasteiger partial charge < -0.3 is 9.47 Å². The minimum atomic E-state index is -0.404. The van der Waals surface area contributed by atoms with E-state index in [0.717, 1.165) is 28.0 Å². The molecule has 0 amide bonds. The standard InChI is InChI=1S/C18H19NO4/c1-13-10-16(11-14(2)18(13)23-12-22-3)5-4-15-6-8-17(9-7-15)19(20)21/h4-11H,12H2,1-3H3. The molecule has 0 fully saturated rings.